The van der Waals surface area contributed by atoms with Crippen LogP contribution in [0.15, 0.2) is 30.6 Å². The van der Waals surface area contributed by atoms with E-state index in [4.69, 9.17) is 4.98 Å². The second-order valence-corrected chi connectivity index (χ2v) is 11.3. The lowest BCUT2D eigenvalue weighted by Gasteiger charge is -2.54. The van der Waals surface area contributed by atoms with E-state index in [9.17, 15) is 14.7 Å². The number of hydrogen-bond acceptors (Lipinski definition) is 8. The lowest BCUT2D eigenvalue weighted by molar-refractivity contribution is -0.0313. The molecule has 38 heavy (non-hydrogen) atoms. The molecule has 3 aromatic rings. The lowest BCUT2D eigenvalue weighted by Crippen LogP contribution is -2.67. The van der Waals surface area contributed by atoms with Gasteiger partial charge in [0.1, 0.15) is 17.2 Å². The number of pyridine rings is 1. The molecule has 200 valence electrons. The maximum Gasteiger partial charge on any atom is 0.270 e. The molecule has 7 rings (SSSR count). The van der Waals surface area contributed by atoms with Crippen LogP contribution in [0.2, 0.25) is 0 Å². The summed E-state index contributed by atoms with van der Waals surface area (Å²) in [4.78, 5) is 43.9. The van der Waals surface area contributed by atoms with Gasteiger partial charge in [0.25, 0.3) is 5.91 Å². The Morgan fingerprint density at radius 2 is 1.89 bits per heavy atom. The fourth-order valence-electron chi connectivity index (χ4n) is 6.61. The van der Waals surface area contributed by atoms with Crippen molar-refractivity contribution in [2.45, 2.75) is 75.1 Å². The van der Waals surface area contributed by atoms with Crippen molar-refractivity contribution in [2.24, 2.45) is 0 Å². The summed E-state index contributed by atoms with van der Waals surface area (Å²) in [5, 5.41) is 14.2. The number of likely N-dealkylation sites (N-methyl/N-ethyl adjacent to an activating group) is 1. The van der Waals surface area contributed by atoms with Gasteiger partial charge >= 0.3 is 0 Å². The average molecular weight is 518 g/mol. The van der Waals surface area contributed by atoms with Crippen LogP contribution in [0.4, 0.5) is 11.8 Å². The van der Waals surface area contributed by atoms with Gasteiger partial charge in [-0.1, -0.05) is 12.8 Å². The van der Waals surface area contributed by atoms with Gasteiger partial charge in [-0.2, -0.15) is 4.98 Å². The first kappa shape index (κ1) is 24.9. The Kier molecular flexibility index (Phi) is 6.19. The molecule has 2 unspecified atom stereocenters. The zero-order valence-corrected chi connectivity index (χ0v) is 22.2. The number of amides is 1. The number of carbonyl (C=O) groups is 2. The first-order valence-corrected chi connectivity index (χ1v) is 13.6. The van der Waals surface area contributed by atoms with Crippen molar-refractivity contribution in [3.05, 3.63) is 41.9 Å². The molecule has 2 saturated carbocycles. The summed E-state index contributed by atoms with van der Waals surface area (Å²) in [5.74, 6) is 0.952. The normalized spacial score (nSPS) is 25.7. The number of aliphatic hydroxyl groups excluding tert-OH is 1. The fourth-order valence-corrected chi connectivity index (χ4v) is 6.61. The summed E-state index contributed by atoms with van der Waals surface area (Å²) >= 11 is 0. The van der Waals surface area contributed by atoms with Crippen molar-refractivity contribution in [2.75, 3.05) is 26.5 Å². The van der Waals surface area contributed by atoms with Gasteiger partial charge in [0.05, 0.1) is 11.6 Å². The number of nitrogens with one attached hydrogen (secondary N) is 1. The highest BCUT2D eigenvalue weighted by Gasteiger charge is 2.56. The minimum Gasteiger partial charge on any atom is -0.393 e. The monoisotopic (exact) mass is 517 g/mol. The molecule has 0 spiro atoms. The van der Waals surface area contributed by atoms with E-state index in [1.807, 2.05) is 13.1 Å². The molecule has 2 aliphatic carbocycles. The van der Waals surface area contributed by atoms with E-state index in [1.165, 1.54) is 0 Å². The van der Waals surface area contributed by atoms with Gasteiger partial charge in [-0.3, -0.25) is 14.5 Å². The van der Waals surface area contributed by atoms with E-state index in [0.717, 1.165) is 49.6 Å². The maximum atomic E-state index is 13.5. The van der Waals surface area contributed by atoms with Crippen molar-refractivity contribution in [1.82, 2.24) is 29.3 Å². The third-order valence-electron chi connectivity index (χ3n) is 8.81. The van der Waals surface area contributed by atoms with Gasteiger partial charge in [-0.05, 0) is 63.8 Å². The molecule has 0 radical (unpaired) electrons. The number of anilines is 2. The topological polar surface area (TPSA) is 116 Å². The predicted molar refractivity (Wildman–Crippen MR) is 144 cm³/mol. The molecule has 0 aromatic carbocycles. The number of carbonyl (C=O) groups excluding carboxylic acids is 2. The zero-order valence-electron chi connectivity index (χ0n) is 22.2. The molecule has 5 heterocycles. The van der Waals surface area contributed by atoms with Crippen molar-refractivity contribution in [3.63, 3.8) is 0 Å². The average Bonchev–Trinajstić information content (AvgIpc) is 3.50. The largest absolute Gasteiger partial charge is 0.393 e. The SMILES string of the molecule is CN(C)C(=O)c1cc2cnc(Nc3ccc(C(=O)C45CCC(O)C[C@@H](C4)N5C)cn3)nc2n1C1CCCC1. The first-order valence-electron chi connectivity index (χ1n) is 13.6. The Hall–Kier alpha value is -3.37. The summed E-state index contributed by atoms with van der Waals surface area (Å²) in [6.07, 6.45) is 10.2. The molecule has 1 amide bonds. The lowest BCUT2D eigenvalue weighted by atomic mass is 9.72. The fraction of sp³-hybridized carbons (Fsp3) is 0.536. The smallest absolute Gasteiger partial charge is 0.270 e. The van der Waals surface area contributed by atoms with Gasteiger partial charge in [0, 0.05) is 49.5 Å². The molecular weight excluding hydrogens is 482 g/mol. The van der Waals surface area contributed by atoms with E-state index in [1.54, 1.807) is 43.5 Å². The van der Waals surface area contributed by atoms with Crippen molar-refractivity contribution in [3.8, 4) is 0 Å². The Labute approximate surface area is 222 Å². The molecule has 2 N–H and O–H groups in total. The van der Waals surface area contributed by atoms with E-state index in [2.05, 4.69) is 24.8 Å². The summed E-state index contributed by atoms with van der Waals surface area (Å²) in [7, 11) is 5.51. The number of nitrogens with zero attached hydrogens (tertiary/aromatic N) is 6. The molecule has 3 atom stereocenters. The molecule has 4 aliphatic rings. The van der Waals surface area contributed by atoms with Gasteiger partial charge in [-0.15, -0.1) is 0 Å². The number of rotatable bonds is 6. The Morgan fingerprint density at radius 3 is 2.58 bits per heavy atom. The molecule has 4 fully saturated rings. The van der Waals surface area contributed by atoms with Crippen molar-refractivity contribution >= 4 is 34.5 Å². The highest BCUT2D eigenvalue weighted by Crippen LogP contribution is 2.46. The Balaban J connectivity index is 1.25. The summed E-state index contributed by atoms with van der Waals surface area (Å²) in [6, 6.07) is 5.95. The first-order chi connectivity index (χ1) is 18.3. The standard InChI is InChI=1S/C28H35N7O3/c1-33(2)26(38)22-12-18-16-30-27(32-25(18)35(22)19-6-4-5-7-19)31-23-9-8-17(15-29-23)24(37)28-11-10-21(36)13-20(14-28)34(28)3/h8-9,12,15-16,19-21,36H,4-7,10-11,13-14H2,1-3H3,(H,29,30,31,32)/t20-,21?,28?/m0/s1. The van der Waals surface area contributed by atoms with Crippen LogP contribution in [-0.4, -0.2) is 84.9 Å². The van der Waals surface area contributed by atoms with Crippen molar-refractivity contribution in [1.29, 1.82) is 0 Å². The van der Waals surface area contributed by atoms with E-state index in [0.29, 0.717) is 35.9 Å². The molecular formula is C28H35N7O3. The zero-order chi connectivity index (χ0) is 26.6. The van der Waals surface area contributed by atoms with Gasteiger partial charge in [-0.25, -0.2) is 9.97 Å². The van der Waals surface area contributed by atoms with Gasteiger partial charge < -0.3 is 19.9 Å². The number of Topliss-reactive ketones (excluding diaryl/α,β-unsaturated/α-hetero) is 1. The molecule has 10 heteroatoms. The number of aliphatic hydroxyl groups is 1. The summed E-state index contributed by atoms with van der Waals surface area (Å²) in [5.41, 5.74) is 1.40. The second kappa shape index (κ2) is 9.43. The third kappa shape index (κ3) is 4.06. The van der Waals surface area contributed by atoms with Gasteiger partial charge in [0.15, 0.2) is 5.78 Å². The van der Waals surface area contributed by atoms with Crippen LogP contribution in [0.25, 0.3) is 11.0 Å². The molecule has 10 nitrogen and oxygen atoms in total. The predicted octanol–water partition coefficient (Wildman–Crippen LogP) is 3.56. The minimum absolute atomic E-state index is 0.0441. The number of fused-ring (bicyclic) bond motifs is 4. The van der Waals surface area contributed by atoms with E-state index >= 15 is 0 Å². The van der Waals surface area contributed by atoms with Crippen LogP contribution in [-0.2, 0) is 0 Å². The highest BCUT2D eigenvalue weighted by atomic mass is 16.3. The summed E-state index contributed by atoms with van der Waals surface area (Å²) < 4.78 is 2.08. The third-order valence-corrected chi connectivity index (χ3v) is 8.81. The molecule has 2 bridgehead atoms. The number of hydrogen-bond donors (Lipinski definition) is 2. The second-order valence-electron chi connectivity index (χ2n) is 11.3. The van der Waals surface area contributed by atoms with Crippen LogP contribution in [0.5, 0.6) is 0 Å². The molecule has 2 saturated heterocycles. The van der Waals surface area contributed by atoms with Crippen LogP contribution < -0.4 is 5.32 Å². The van der Waals surface area contributed by atoms with Crippen LogP contribution in [0, 0.1) is 0 Å². The van der Waals surface area contributed by atoms with Crippen LogP contribution in [0.1, 0.15) is 78.3 Å². The quantitative estimate of drug-likeness (QED) is 0.477. The minimum atomic E-state index is -0.541. The van der Waals surface area contributed by atoms with Crippen LogP contribution >= 0.6 is 0 Å². The summed E-state index contributed by atoms with van der Waals surface area (Å²) in [6.45, 7) is 0. The Bertz CT molecular complexity index is 1380. The number of ketones is 1. The Morgan fingerprint density at radius 1 is 1.11 bits per heavy atom. The van der Waals surface area contributed by atoms with Crippen LogP contribution in [0.3, 0.4) is 0 Å². The molecule has 2 aliphatic heterocycles. The van der Waals surface area contributed by atoms with Crippen molar-refractivity contribution < 1.29 is 14.7 Å². The highest BCUT2D eigenvalue weighted by molar-refractivity contribution is 6.04. The maximum absolute atomic E-state index is 13.5. The number of aromatic nitrogens is 4. The molecule has 3 aromatic heterocycles. The van der Waals surface area contributed by atoms with E-state index in [-0.39, 0.29) is 29.9 Å². The van der Waals surface area contributed by atoms with E-state index < -0.39 is 5.54 Å². The van der Waals surface area contributed by atoms with Gasteiger partial charge in [0.2, 0.25) is 5.95 Å².